The number of alkyl halides is 3. The smallest absolute Gasteiger partial charge is 0.197 e. The van der Waals surface area contributed by atoms with Crippen LogP contribution in [0.4, 0.5) is 0 Å². The summed E-state index contributed by atoms with van der Waals surface area (Å²) in [5, 5.41) is 0. The number of halogens is 4. The Morgan fingerprint density at radius 3 is 2.38 bits per heavy atom. The zero-order valence-corrected chi connectivity index (χ0v) is 26.7. The Hall–Kier alpha value is 1.33. The predicted octanol–water partition coefficient (Wildman–Crippen LogP) is 9.79. The number of allylic oxidation sites excluding steroid dienone is 1. The first kappa shape index (κ1) is 26.4. The number of ketones is 1. The second-order valence-corrected chi connectivity index (χ2v) is 18.1. The van der Waals surface area contributed by atoms with E-state index in [0.717, 1.165) is 40.5 Å². The lowest BCUT2D eigenvalue weighted by Gasteiger charge is -2.60. The average Bonchev–Trinajstić information content (AvgIpc) is 3.03. The first-order valence-corrected chi connectivity index (χ1v) is 16.1. The fraction of sp³-hybridized carbons (Fsp3) is 0.889. The van der Waals surface area contributed by atoms with E-state index < -0.39 is 3.23 Å². The topological polar surface area (TPSA) is 17.1 Å². The third-order valence-corrected chi connectivity index (χ3v) is 13.1. The summed E-state index contributed by atoms with van der Waals surface area (Å²) in [7, 11) is 0. The Morgan fingerprint density at radius 2 is 1.72 bits per heavy atom. The van der Waals surface area contributed by atoms with Gasteiger partial charge in [-0.2, -0.15) is 0 Å². The Labute approximate surface area is 229 Å². The number of fused-ring (bicyclic) bond motifs is 5. The SMILES string of the molecule is CC(C)CCC[C@@H](C)[C@H]1CC[C@H]2[C@@H]3C[C@@H](Br)C4=C(Br)C(=O)C(Br)(Br)C[C@]4(C)[C@H]3CC[C@]12C. The summed E-state index contributed by atoms with van der Waals surface area (Å²) < 4.78 is 0.159. The van der Waals surface area contributed by atoms with Crippen LogP contribution in [0.1, 0.15) is 92.4 Å². The molecule has 4 aliphatic carbocycles. The number of carbonyl (C=O) groups excluding carboxylic acids is 1. The summed E-state index contributed by atoms with van der Waals surface area (Å²) in [5.74, 6) is 4.93. The zero-order chi connectivity index (χ0) is 23.6. The first-order chi connectivity index (χ1) is 14.8. The molecule has 8 atom stereocenters. The number of rotatable bonds is 5. The lowest BCUT2D eigenvalue weighted by Crippen LogP contribution is -2.56. The monoisotopic (exact) mass is 696 g/mol. The van der Waals surface area contributed by atoms with Gasteiger partial charge in [0.2, 0.25) is 0 Å². The summed E-state index contributed by atoms with van der Waals surface area (Å²) >= 11 is 15.3. The van der Waals surface area contributed by atoms with E-state index in [0.29, 0.717) is 16.2 Å². The molecule has 0 aliphatic heterocycles. The molecule has 182 valence electrons. The van der Waals surface area contributed by atoms with Crippen molar-refractivity contribution < 1.29 is 4.79 Å². The molecule has 3 fully saturated rings. The van der Waals surface area contributed by atoms with Gasteiger partial charge in [-0.05, 0) is 106 Å². The van der Waals surface area contributed by atoms with Gasteiger partial charge in [-0.1, -0.05) is 102 Å². The van der Waals surface area contributed by atoms with Crippen LogP contribution in [0.5, 0.6) is 0 Å². The molecule has 0 saturated heterocycles. The fourth-order valence-corrected chi connectivity index (χ4v) is 13.4. The van der Waals surface area contributed by atoms with Crippen molar-refractivity contribution in [2.24, 2.45) is 46.3 Å². The predicted molar refractivity (Wildman–Crippen MR) is 150 cm³/mol. The minimum absolute atomic E-state index is 0.0408. The van der Waals surface area contributed by atoms with Crippen LogP contribution in [0, 0.1) is 46.3 Å². The molecular weight excluding hydrogens is 660 g/mol. The van der Waals surface area contributed by atoms with E-state index in [4.69, 9.17) is 0 Å². The van der Waals surface area contributed by atoms with E-state index in [1.54, 1.807) is 0 Å². The van der Waals surface area contributed by atoms with Crippen LogP contribution in [-0.2, 0) is 4.79 Å². The van der Waals surface area contributed by atoms with Crippen molar-refractivity contribution in [1.29, 1.82) is 0 Å². The van der Waals surface area contributed by atoms with Crippen molar-refractivity contribution in [1.82, 2.24) is 0 Å². The second-order valence-electron chi connectivity index (χ2n) is 12.5. The number of hydrogen-bond donors (Lipinski definition) is 0. The van der Waals surface area contributed by atoms with Gasteiger partial charge in [-0.3, -0.25) is 4.79 Å². The molecule has 5 heteroatoms. The highest BCUT2D eigenvalue weighted by molar-refractivity contribution is 9.26. The molecule has 0 aromatic rings. The van der Waals surface area contributed by atoms with Gasteiger partial charge in [0, 0.05) is 4.83 Å². The fourth-order valence-electron chi connectivity index (χ4n) is 8.79. The van der Waals surface area contributed by atoms with Gasteiger partial charge in [0.15, 0.2) is 5.78 Å². The zero-order valence-electron chi connectivity index (χ0n) is 20.3. The molecule has 32 heavy (non-hydrogen) atoms. The van der Waals surface area contributed by atoms with Crippen LogP contribution in [0.15, 0.2) is 10.1 Å². The molecule has 0 radical (unpaired) electrons. The summed E-state index contributed by atoms with van der Waals surface area (Å²) in [6.07, 6.45) is 11.7. The molecule has 0 aromatic heterocycles. The third-order valence-electron chi connectivity index (χ3n) is 10.2. The Balaban J connectivity index is 1.60. The maximum Gasteiger partial charge on any atom is 0.197 e. The molecule has 0 unspecified atom stereocenters. The maximum atomic E-state index is 13.0. The van der Waals surface area contributed by atoms with Crippen LogP contribution < -0.4 is 0 Å². The van der Waals surface area contributed by atoms with Gasteiger partial charge >= 0.3 is 0 Å². The number of hydrogen-bond acceptors (Lipinski definition) is 1. The summed E-state index contributed by atoms with van der Waals surface area (Å²) in [6.45, 7) is 12.4. The van der Waals surface area contributed by atoms with Crippen molar-refractivity contribution in [2.45, 2.75) is 100 Å². The molecule has 0 spiro atoms. The maximum absolute atomic E-state index is 13.0. The van der Waals surface area contributed by atoms with E-state index >= 15 is 0 Å². The number of Topliss-reactive ketones (excluding diaryl/α,β-unsaturated/α-hetero) is 1. The van der Waals surface area contributed by atoms with Gasteiger partial charge in [0.25, 0.3) is 0 Å². The highest BCUT2D eigenvalue weighted by Gasteiger charge is 2.63. The van der Waals surface area contributed by atoms with E-state index in [1.165, 1.54) is 56.9 Å². The Morgan fingerprint density at radius 1 is 1.03 bits per heavy atom. The van der Waals surface area contributed by atoms with Crippen molar-refractivity contribution in [3.8, 4) is 0 Å². The molecule has 0 bridgehead atoms. The van der Waals surface area contributed by atoms with Crippen molar-refractivity contribution >= 4 is 69.5 Å². The Bertz CT molecular complexity index is 789. The Kier molecular flexibility index (Phi) is 7.69. The normalized spacial score (nSPS) is 44.3. The summed E-state index contributed by atoms with van der Waals surface area (Å²) in [5.41, 5.74) is 1.86. The summed E-state index contributed by atoms with van der Waals surface area (Å²) in [4.78, 5) is 13.3. The molecule has 0 N–H and O–H groups in total. The third kappa shape index (κ3) is 4.25. The van der Waals surface area contributed by atoms with Crippen LogP contribution in [0.25, 0.3) is 0 Å². The van der Waals surface area contributed by atoms with Gasteiger partial charge in [-0.25, -0.2) is 0 Å². The lowest BCUT2D eigenvalue weighted by molar-refractivity contribution is -0.117. The average molecular weight is 700 g/mol. The van der Waals surface area contributed by atoms with E-state index in [9.17, 15) is 4.79 Å². The van der Waals surface area contributed by atoms with E-state index in [-0.39, 0.29) is 11.2 Å². The van der Waals surface area contributed by atoms with Gasteiger partial charge < -0.3 is 0 Å². The molecule has 4 rings (SSSR count). The highest BCUT2D eigenvalue weighted by atomic mass is 79.9. The molecule has 1 nitrogen and oxygen atoms in total. The van der Waals surface area contributed by atoms with E-state index in [1.807, 2.05) is 0 Å². The lowest BCUT2D eigenvalue weighted by atomic mass is 9.46. The first-order valence-electron chi connectivity index (χ1n) is 12.8. The van der Waals surface area contributed by atoms with Crippen molar-refractivity contribution in [3.05, 3.63) is 10.1 Å². The van der Waals surface area contributed by atoms with Crippen LogP contribution >= 0.6 is 63.7 Å². The molecule has 0 heterocycles. The minimum atomic E-state index is -0.643. The molecule has 0 amide bonds. The molecule has 3 saturated carbocycles. The van der Waals surface area contributed by atoms with Gasteiger partial charge in [-0.15, -0.1) is 0 Å². The highest BCUT2D eigenvalue weighted by Crippen LogP contribution is 2.70. The van der Waals surface area contributed by atoms with Gasteiger partial charge in [0.1, 0.15) is 3.23 Å². The van der Waals surface area contributed by atoms with Crippen LogP contribution in [-0.4, -0.2) is 13.8 Å². The van der Waals surface area contributed by atoms with Gasteiger partial charge in [0.05, 0.1) is 4.48 Å². The van der Waals surface area contributed by atoms with Crippen molar-refractivity contribution in [2.75, 3.05) is 0 Å². The van der Waals surface area contributed by atoms with E-state index in [2.05, 4.69) is 98.3 Å². The minimum Gasteiger partial charge on any atom is -0.291 e. The summed E-state index contributed by atoms with van der Waals surface area (Å²) in [6, 6.07) is 0. The molecule has 0 aromatic carbocycles. The standard InChI is InChI=1S/C27H40Br4O/c1-15(2)7-6-8-16(3)18-9-10-19-17-13-21(28)22-23(29)24(32)27(30,31)14-26(22,5)20(17)11-12-25(18,19)4/h15-21H,6-14H2,1-5H3/t16-,17+,18-,19+,20+,21-,25-,26-/m1/s1. The number of carbonyl (C=O) groups is 1. The second kappa shape index (κ2) is 9.33. The van der Waals surface area contributed by atoms with Crippen LogP contribution in [0.3, 0.4) is 0 Å². The van der Waals surface area contributed by atoms with Crippen molar-refractivity contribution in [3.63, 3.8) is 0 Å². The quantitative estimate of drug-likeness (QED) is 0.261. The molecule has 4 aliphatic rings. The van der Waals surface area contributed by atoms with Crippen LogP contribution in [0.2, 0.25) is 0 Å². The largest absolute Gasteiger partial charge is 0.291 e. The molecular formula is C27H40Br4O.